The number of ketones is 1. The summed E-state index contributed by atoms with van der Waals surface area (Å²) in [4.78, 5) is 15.7. The van der Waals surface area contributed by atoms with Gasteiger partial charge in [0.15, 0.2) is 5.78 Å². The van der Waals surface area contributed by atoms with E-state index in [1.165, 1.54) is 11.3 Å². The molecule has 1 aliphatic carbocycles. The highest BCUT2D eigenvalue weighted by Gasteiger charge is 2.35. The molecule has 0 radical (unpaired) electrons. The van der Waals surface area contributed by atoms with Gasteiger partial charge in [0.2, 0.25) is 0 Å². The predicted molar refractivity (Wildman–Crippen MR) is 116 cm³/mol. The van der Waals surface area contributed by atoms with E-state index in [9.17, 15) is 4.79 Å². The number of allylic oxidation sites excluding steroid dienone is 5. The Balaban J connectivity index is 2.27. The van der Waals surface area contributed by atoms with E-state index >= 15 is 0 Å². The van der Waals surface area contributed by atoms with Crippen molar-refractivity contribution < 1.29 is 9.53 Å². The predicted octanol–water partition coefficient (Wildman–Crippen LogP) is 5.26. The molecular weight excluding hydrogens is 346 g/mol. The molecule has 1 aliphatic heterocycles. The highest BCUT2D eigenvalue weighted by atomic mass is 16.5. The summed E-state index contributed by atoms with van der Waals surface area (Å²) >= 11 is 0. The van der Waals surface area contributed by atoms with Crippen molar-refractivity contribution in [3.8, 4) is 0 Å². The summed E-state index contributed by atoms with van der Waals surface area (Å²) in [5, 5.41) is 0. The van der Waals surface area contributed by atoms with Gasteiger partial charge in [-0.3, -0.25) is 4.79 Å². The number of carbonyl (C=O) groups is 1. The van der Waals surface area contributed by atoms with Crippen molar-refractivity contribution in [2.24, 2.45) is 10.8 Å². The molecule has 1 fully saturated rings. The quantitative estimate of drug-likeness (QED) is 0.702. The molecule has 0 saturated carbocycles. The summed E-state index contributed by atoms with van der Waals surface area (Å²) < 4.78 is 5.59. The Morgan fingerprint density at radius 3 is 1.82 bits per heavy atom. The first kappa shape index (κ1) is 20.6. The number of nitrogens with zero attached hydrogens (tertiary/aromatic N) is 1. The van der Waals surface area contributed by atoms with Crippen molar-refractivity contribution in [2.45, 2.75) is 41.5 Å². The van der Waals surface area contributed by atoms with E-state index < -0.39 is 0 Å². The fourth-order valence-corrected chi connectivity index (χ4v) is 3.79. The molecule has 0 amide bonds. The first-order valence-corrected chi connectivity index (χ1v) is 10.2. The van der Waals surface area contributed by atoms with Crippen LogP contribution < -0.4 is 0 Å². The molecule has 0 atom stereocenters. The lowest BCUT2D eigenvalue weighted by Crippen LogP contribution is -2.36. The molecule has 0 unspecified atom stereocenters. The molecule has 1 aromatic carbocycles. The molecule has 1 heterocycles. The van der Waals surface area contributed by atoms with Crippen LogP contribution in [0.1, 0.15) is 47.1 Å². The number of ether oxygens (including phenoxy) is 1. The Hall–Kier alpha value is -2.13. The molecule has 0 aromatic heterocycles. The summed E-state index contributed by atoms with van der Waals surface area (Å²) in [6.07, 6.45) is 4.24. The Bertz CT molecular complexity index is 788. The fraction of sp³-hybridized carbons (Fsp3) is 0.480. The van der Waals surface area contributed by atoms with Gasteiger partial charge in [0.25, 0.3) is 0 Å². The van der Waals surface area contributed by atoms with Crippen LogP contribution in [0.5, 0.6) is 0 Å². The van der Waals surface area contributed by atoms with Crippen molar-refractivity contribution in [2.75, 3.05) is 26.3 Å². The molecular formula is C25H33NO2. The number of carbonyl (C=O) groups excluding carboxylic acids is 1. The second-order valence-corrected chi connectivity index (χ2v) is 9.71. The Kier molecular flexibility index (Phi) is 5.67. The molecule has 3 nitrogen and oxygen atoms in total. The van der Waals surface area contributed by atoms with E-state index in [1.54, 1.807) is 0 Å². The Morgan fingerprint density at radius 1 is 0.857 bits per heavy atom. The largest absolute Gasteiger partial charge is 0.378 e. The zero-order valence-electron chi connectivity index (χ0n) is 18.1. The first-order valence-electron chi connectivity index (χ1n) is 10.2. The summed E-state index contributed by atoms with van der Waals surface area (Å²) in [5.74, 6) is 0.179. The van der Waals surface area contributed by atoms with Gasteiger partial charge in [0.05, 0.1) is 18.9 Å². The summed E-state index contributed by atoms with van der Waals surface area (Å²) in [6, 6.07) is 10.5. The van der Waals surface area contributed by atoms with Crippen LogP contribution in [-0.2, 0) is 9.53 Å². The molecule has 1 aromatic rings. The molecule has 1 saturated heterocycles. The van der Waals surface area contributed by atoms with Gasteiger partial charge < -0.3 is 9.64 Å². The second kappa shape index (κ2) is 7.71. The monoisotopic (exact) mass is 379 g/mol. The van der Waals surface area contributed by atoms with Gasteiger partial charge in [0, 0.05) is 24.2 Å². The van der Waals surface area contributed by atoms with Gasteiger partial charge in [-0.25, -0.2) is 0 Å². The maximum atomic E-state index is 13.3. The third-order valence-electron chi connectivity index (χ3n) is 5.35. The number of hydrogen-bond acceptors (Lipinski definition) is 3. The number of hydrogen-bond donors (Lipinski definition) is 0. The van der Waals surface area contributed by atoms with Crippen LogP contribution in [0, 0.1) is 10.8 Å². The standard InChI is InChI=1S/C25H33NO2/c1-24(2,3)20-16-19(17-21(23(20)27)25(4,5)6)22(18-10-8-7-9-11-18)26-12-14-28-15-13-26/h7-11,16-17H,12-15H2,1-6H3. The minimum Gasteiger partial charge on any atom is -0.378 e. The van der Waals surface area contributed by atoms with E-state index in [2.05, 4.69) is 82.9 Å². The average Bonchev–Trinajstić information content (AvgIpc) is 2.63. The molecule has 2 aliphatic rings. The molecule has 3 heteroatoms. The van der Waals surface area contributed by atoms with Crippen LogP contribution in [0.4, 0.5) is 0 Å². The topological polar surface area (TPSA) is 29.5 Å². The SMILES string of the molecule is CC(C)(C)C1=CC(=C(c2ccccc2)N2CCOCC2)C=C(C(C)(C)C)C1=O. The molecule has 3 rings (SSSR count). The second-order valence-electron chi connectivity index (χ2n) is 9.71. The molecule has 0 spiro atoms. The summed E-state index contributed by atoms with van der Waals surface area (Å²) in [5.41, 5.74) is 4.86. The minimum absolute atomic E-state index is 0.179. The van der Waals surface area contributed by atoms with Gasteiger partial charge in [-0.05, 0) is 34.1 Å². The smallest absolute Gasteiger partial charge is 0.186 e. The lowest BCUT2D eigenvalue weighted by molar-refractivity contribution is -0.114. The molecule has 0 bridgehead atoms. The van der Waals surface area contributed by atoms with E-state index in [4.69, 9.17) is 4.74 Å². The zero-order chi connectivity index (χ0) is 20.5. The van der Waals surface area contributed by atoms with Gasteiger partial charge in [-0.2, -0.15) is 0 Å². The van der Waals surface area contributed by atoms with E-state index in [-0.39, 0.29) is 16.6 Å². The van der Waals surface area contributed by atoms with Crippen LogP contribution in [0.25, 0.3) is 5.70 Å². The third kappa shape index (κ3) is 4.30. The number of benzene rings is 1. The van der Waals surface area contributed by atoms with Crippen molar-refractivity contribution in [1.29, 1.82) is 0 Å². The minimum atomic E-state index is -0.208. The van der Waals surface area contributed by atoms with Gasteiger partial charge in [-0.1, -0.05) is 71.9 Å². The first-order chi connectivity index (χ1) is 13.1. The van der Waals surface area contributed by atoms with Crippen LogP contribution in [-0.4, -0.2) is 37.0 Å². The van der Waals surface area contributed by atoms with Crippen LogP contribution >= 0.6 is 0 Å². The fourth-order valence-electron chi connectivity index (χ4n) is 3.79. The van der Waals surface area contributed by atoms with Crippen molar-refractivity contribution in [1.82, 2.24) is 4.90 Å². The lowest BCUT2D eigenvalue weighted by Gasteiger charge is -2.35. The molecule has 28 heavy (non-hydrogen) atoms. The highest BCUT2D eigenvalue weighted by Crippen LogP contribution is 2.41. The van der Waals surface area contributed by atoms with Crippen molar-refractivity contribution in [3.63, 3.8) is 0 Å². The number of Topliss-reactive ketones (excluding diaryl/α,β-unsaturated/α-hetero) is 1. The van der Waals surface area contributed by atoms with Crippen molar-refractivity contribution >= 4 is 11.5 Å². The highest BCUT2D eigenvalue weighted by molar-refractivity contribution is 6.12. The van der Waals surface area contributed by atoms with E-state index in [0.717, 1.165) is 43.0 Å². The van der Waals surface area contributed by atoms with E-state index in [1.807, 2.05) is 6.07 Å². The summed E-state index contributed by atoms with van der Waals surface area (Å²) in [7, 11) is 0. The maximum Gasteiger partial charge on any atom is 0.186 e. The van der Waals surface area contributed by atoms with Crippen LogP contribution in [0.3, 0.4) is 0 Å². The molecule has 150 valence electrons. The number of rotatable bonds is 2. The Morgan fingerprint density at radius 2 is 1.36 bits per heavy atom. The van der Waals surface area contributed by atoms with Gasteiger partial charge in [0.1, 0.15) is 0 Å². The van der Waals surface area contributed by atoms with Gasteiger partial charge >= 0.3 is 0 Å². The Labute approximate surface area is 169 Å². The average molecular weight is 380 g/mol. The van der Waals surface area contributed by atoms with Crippen LogP contribution in [0.2, 0.25) is 0 Å². The van der Waals surface area contributed by atoms with E-state index in [0.29, 0.717) is 0 Å². The number of morpholine rings is 1. The van der Waals surface area contributed by atoms with Crippen molar-refractivity contribution in [3.05, 3.63) is 64.8 Å². The third-order valence-corrected chi connectivity index (χ3v) is 5.35. The van der Waals surface area contributed by atoms with Crippen LogP contribution in [0.15, 0.2) is 59.2 Å². The lowest BCUT2D eigenvalue weighted by atomic mass is 9.71. The zero-order valence-corrected chi connectivity index (χ0v) is 18.1. The normalized spacial score (nSPS) is 18.7. The van der Waals surface area contributed by atoms with Gasteiger partial charge in [-0.15, -0.1) is 0 Å². The summed E-state index contributed by atoms with van der Waals surface area (Å²) in [6.45, 7) is 15.9. The molecule has 0 N–H and O–H groups in total. The maximum absolute atomic E-state index is 13.3.